The summed E-state index contributed by atoms with van der Waals surface area (Å²) in [4.78, 5) is 24.2. The number of rotatable bonds is 4. The first-order chi connectivity index (χ1) is 9.78. The number of imide groups is 1. The first-order valence-electron chi connectivity index (χ1n) is 6.46. The van der Waals surface area contributed by atoms with Gasteiger partial charge >= 0.3 is 6.18 Å². The van der Waals surface area contributed by atoms with Crippen molar-refractivity contribution in [3.05, 3.63) is 35.9 Å². The zero-order chi connectivity index (χ0) is 15.6. The Bertz CT molecular complexity index is 531. The second-order valence-electron chi connectivity index (χ2n) is 5.00. The van der Waals surface area contributed by atoms with Gasteiger partial charge in [0, 0.05) is 13.1 Å². The third-order valence-corrected chi connectivity index (χ3v) is 3.42. The first kappa shape index (κ1) is 15.5. The van der Waals surface area contributed by atoms with Gasteiger partial charge in [-0.25, -0.2) is 0 Å². The molecule has 1 aliphatic rings. The molecule has 2 atom stereocenters. The molecule has 1 heterocycles. The molecule has 1 aromatic rings. The summed E-state index contributed by atoms with van der Waals surface area (Å²) in [6.07, 6.45) is -5.58. The highest BCUT2D eigenvalue weighted by Crippen LogP contribution is 2.30. The second kappa shape index (κ2) is 5.85. The number of likely N-dealkylation sites (tertiary alicyclic amines) is 1. The van der Waals surface area contributed by atoms with Crippen molar-refractivity contribution in [1.82, 2.24) is 10.2 Å². The van der Waals surface area contributed by atoms with Crippen molar-refractivity contribution in [2.75, 3.05) is 7.05 Å². The SMILES string of the molecule is CN1C(=O)CC(NC(CC(F)(F)F)c2ccccc2)C1=O. The maximum absolute atomic E-state index is 12.7. The normalized spacial score (nSPS) is 21.0. The fourth-order valence-corrected chi connectivity index (χ4v) is 2.32. The maximum atomic E-state index is 12.7. The lowest BCUT2D eigenvalue weighted by molar-refractivity contribution is -0.143. The number of hydrogen-bond donors (Lipinski definition) is 1. The molecule has 0 radical (unpaired) electrons. The van der Waals surface area contributed by atoms with Crippen LogP contribution in [0.5, 0.6) is 0 Å². The lowest BCUT2D eigenvalue weighted by Crippen LogP contribution is -2.40. The molecule has 114 valence electrons. The van der Waals surface area contributed by atoms with Crippen LogP contribution < -0.4 is 5.32 Å². The third kappa shape index (κ3) is 3.81. The summed E-state index contributed by atoms with van der Waals surface area (Å²) in [7, 11) is 1.33. The predicted molar refractivity (Wildman–Crippen MR) is 69.2 cm³/mol. The number of amides is 2. The average Bonchev–Trinajstić information content (AvgIpc) is 2.65. The van der Waals surface area contributed by atoms with Gasteiger partial charge in [-0.05, 0) is 5.56 Å². The minimum absolute atomic E-state index is 0.115. The zero-order valence-electron chi connectivity index (χ0n) is 11.4. The molecule has 21 heavy (non-hydrogen) atoms. The maximum Gasteiger partial charge on any atom is 0.390 e. The van der Waals surface area contributed by atoms with E-state index in [1.807, 2.05) is 0 Å². The Morgan fingerprint density at radius 2 is 1.90 bits per heavy atom. The highest BCUT2D eigenvalue weighted by atomic mass is 19.4. The summed E-state index contributed by atoms with van der Waals surface area (Å²) in [5.74, 6) is -0.889. The molecule has 1 fully saturated rings. The number of carbonyl (C=O) groups is 2. The van der Waals surface area contributed by atoms with Crippen molar-refractivity contribution in [3.63, 3.8) is 0 Å². The molecule has 0 aliphatic carbocycles. The highest BCUT2D eigenvalue weighted by Gasteiger charge is 2.40. The summed E-state index contributed by atoms with van der Waals surface area (Å²) < 4.78 is 38.1. The monoisotopic (exact) mass is 300 g/mol. The molecule has 1 saturated heterocycles. The van der Waals surface area contributed by atoms with Gasteiger partial charge < -0.3 is 0 Å². The Morgan fingerprint density at radius 1 is 1.29 bits per heavy atom. The van der Waals surface area contributed by atoms with E-state index in [1.165, 1.54) is 7.05 Å². The lowest BCUT2D eigenvalue weighted by Gasteiger charge is -2.23. The van der Waals surface area contributed by atoms with Crippen molar-refractivity contribution < 1.29 is 22.8 Å². The van der Waals surface area contributed by atoms with Gasteiger partial charge in [0.25, 0.3) is 0 Å². The number of halogens is 3. The summed E-state index contributed by atoms with van der Waals surface area (Å²) in [6, 6.07) is 6.13. The molecule has 2 unspecified atom stereocenters. The van der Waals surface area contributed by atoms with E-state index in [0.29, 0.717) is 5.56 Å². The minimum atomic E-state index is -4.37. The van der Waals surface area contributed by atoms with E-state index < -0.39 is 36.5 Å². The summed E-state index contributed by atoms with van der Waals surface area (Å²) >= 11 is 0. The lowest BCUT2D eigenvalue weighted by atomic mass is 10.0. The molecule has 2 amide bonds. The predicted octanol–water partition coefficient (Wildman–Crippen LogP) is 2.03. The van der Waals surface area contributed by atoms with Crippen LogP contribution in [0.25, 0.3) is 0 Å². The molecule has 0 saturated carbocycles. The molecule has 1 aliphatic heterocycles. The van der Waals surface area contributed by atoms with Crippen LogP contribution in [0, 0.1) is 0 Å². The molecule has 1 aromatic carbocycles. The van der Waals surface area contributed by atoms with Crippen LogP contribution >= 0.6 is 0 Å². The quantitative estimate of drug-likeness (QED) is 0.866. The van der Waals surface area contributed by atoms with Gasteiger partial charge in [0.2, 0.25) is 11.8 Å². The van der Waals surface area contributed by atoms with Crippen molar-refractivity contribution in [2.45, 2.75) is 31.1 Å². The van der Waals surface area contributed by atoms with Gasteiger partial charge in [-0.2, -0.15) is 13.2 Å². The number of nitrogens with one attached hydrogen (secondary N) is 1. The number of carbonyl (C=O) groups excluding carboxylic acids is 2. The van der Waals surface area contributed by atoms with Crippen LogP contribution in [0.15, 0.2) is 30.3 Å². The molecule has 2 rings (SSSR count). The van der Waals surface area contributed by atoms with Gasteiger partial charge in [0.15, 0.2) is 0 Å². The van der Waals surface area contributed by atoms with Crippen LogP contribution in [0.3, 0.4) is 0 Å². The molecule has 0 bridgehead atoms. The van der Waals surface area contributed by atoms with Crippen LogP contribution in [-0.4, -0.2) is 36.0 Å². The van der Waals surface area contributed by atoms with E-state index >= 15 is 0 Å². The number of benzene rings is 1. The van der Waals surface area contributed by atoms with Crippen LogP contribution in [-0.2, 0) is 9.59 Å². The second-order valence-corrected chi connectivity index (χ2v) is 5.00. The first-order valence-corrected chi connectivity index (χ1v) is 6.46. The van der Waals surface area contributed by atoms with Crippen molar-refractivity contribution in [2.24, 2.45) is 0 Å². The Kier molecular flexibility index (Phi) is 4.32. The van der Waals surface area contributed by atoms with Crippen molar-refractivity contribution >= 4 is 11.8 Å². The summed E-state index contributed by atoms with van der Waals surface area (Å²) in [5, 5.41) is 2.67. The third-order valence-electron chi connectivity index (χ3n) is 3.42. The molecule has 4 nitrogen and oxygen atoms in total. The molecular formula is C14H15F3N2O2. The smallest absolute Gasteiger partial charge is 0.298 e. The van der Waals surface area contributed by atoms with Gasteiger partial charge in [-0.3, -0.25) is 19.8 Å². The van der Waals surface area contributed by atoms with E-state index in [-0.39, 0.29) is 6.42 Å². The Labute approximate surface area is 119 Å². The van der Waals surface area contributed by atoms with Gasteiger partial charge in [-0.1, -0.05) is 30.3 Å². The summed E-state index contributed by atoms with van der Waals surface area (Å²) in [5.41, 5.74) is 0.435. The Morgan fingerprint density at radius 3 is 2.38 bits per heavy atom. The number of alkyl halides is 3. The van der Waals surface area contributed by atoms with Crippen molar-refractivity contribution in [1.29, 1.82) is 0 Å². The Balaban J connectivity index is 2.17. The van der Waals surface area contributed by atoms with Crippen molar-refractivity contribution in [3.8, 4) is 0 Å². The van der Waals surface area contributed by atoms with Gasteiger partial charge in [0.1, 0.15) is 0 Å². The number of likely N-dealkylation sites (N-methyl/N-ethyl adjacent to an activating group) is 1. The fraction of sp³-hybridized carbons (Fsp3) is 0.429. The van der Waals surface area contributed by atoms with E-state index in [1.54, 1.807) is 30.3 Å². The zero-order valence-corrected chi connectivity index (χ0v) is 11.4. The van der Waals surface area contributed by atoms with Gasteiger partial charge in [-0.15, -0.1) is 0 Å². The fourth-order valence-electron chi connectivity index (χ4n) is 2.32. The largest absolute Gasteiger partial charge is 0.390 e. The molecule has 7 heteroatoms. The Hall–Kier alpha value is -1.89. The van der Waals surface area contributed by atoms with E-state index in [2.05, 4.69) is 5.32 Å². The van der Waals surface area contributed by atoms with E-state index in [4.69, 9.17) is 0 Å². The molecular weight excluding hydrogens is 285 g/mol. The standard InChI is InChI=1S/C14H15F3N2O2/c1-19-12(20)7-10(13(19)21)18-11(8-14(15,16)17)9-5-3-2-4-6-9/h2-6,10-11,18H,7-8H2,1H3. The van der Waals surface area contributed by atoms with Crippen LogP contribution in [0.1, 0.15) is 24.4 Å². The topological polar surface area (TPSA) is 49.4 Å². The number of nitrogens with zero attached hydrogens (tertiary/aromatic N) is 1. The van der Waals surface area contributed by atoms with Gasteiger partial charge in [0.05, 0.1) is 18.9 Å². The number of hydrogen-bond acceptors (Lipinski definition) is 3. The molecule has 0 aromatic heterocycles. The molecule has 0 spiro atoms. The minimum Gasteiger partial charge on any atom is -0.298 e. The average molecular weight is 300 g/mol. The highest BCUT2D eigenvalue weighted by molar-refractivity contribution is 6.05. The van der Waals surface area contributed by atoms with Crippen LogP contribution in [0.4, 0.5) is 13.2 Å². The molecule has 1 N–H and O–H groups in total. The van der Waals surface area contributed by atoms with E-state index in [9.17, 15) is 22.8 Å². The van der Waals surface area contributed by atoms with Crippen LogP contribution in [0.2, 0.25) is 0 Å². The summed E-state index contributed by atoms with van der Waals surface area (Å²) in [6.45, 7) is 0. The van der Waals surface area contributed by atoms with E-state index in [0.717, 1.165) is 4.90 Å².